The van der Waals surface area contributed by atoms with Gasteiger partial charge in [-0.25, -0.2) is 0 Å². The second kappa shape index (κ2) is 6.30. The summed E-state index contributed by atoms with van der Waals surface area (Å²) >= 11 is 0. The van der Waals surface area contributed by atoms with Gasteiger partial charge in [0.25, 0.3) is 0 Å². The minimum atomic E-state index is 0.649. The zero-order chi connectivity index (χ0) is 12.0. The van der Waals surface area contributed by atoms with E-state index in [1.807, 2.05) is 24.3 Å². The lowest BCUT2D eigenvalue weighted by Gasteiger charge is -2.26. The Morgan fingerprint density at radius 2 is 1.75 bits per heavy atom. The quantitative estimate of drug-likeness (QED) is 0.756. The topological polar surface area (TPSA) is 27.0 Å². The fraction of sp³-hybridized carbons (Fsp3) is 0.500. The summed E-state index contributed by atoms with van der Waals surface area (Å²) < 4.78 is 0. The highest BCUT2D eigenvalue weighted by Crippen LogP contribution is 2.11. The van der Waals surface area contributed by atoms with Crippen LogP contribution in [0.25, 0.3) is 0 Å². The summed E-state index contributed by atoms with van der Waals surface area (Å²) in [5.41, 5.74) is 2.00. The van der Waals surface area contributed by atoms with Crippen LogP contribution in [0, 0.1) is 11.3 Å². The molecule has 1 aromatic rings. The minimum absolute atomic E-state index is 0.649. The maximum absolute atomic E-state index is 8.71. The molecule has 0 saturated carbocycles. The molecule has 0 unspecified atom stereocenters. The molecule has 0 N–H and O–H groups in total. The summed E-state index contributed by atoms with van der Waals surface area (Å²) in [6.45, 7) is 5.41. The first-order chi connectivity index (χ1) is 7.71. The van der Waals surface area contributed by atoms with E-state index in [1.165, 1.54) is 18.4 Å². The van der Waals surface area contributed by atoms with Crippen molar-refractivity contribution in [2.24, 2.45) is 0 Å². The fourth-order valence-corrected chi connectivity index (χ4v) is 2.01. The van der Waals surface area contributed by atoms with E-state index in [0.29, 0.717) is 6.04 Å². The number of nitrogens with zero attached hydrogens (tertiary/aromatic N) is 2. The molecular weight excluding hydrogens is 196 g/mol. The van der Waals surface area contributed by atoms with Crippen LogP contribution in [0.1, 0.15) is 37.8 Å². The van der Waals surface area contributed by atoms with E-state index in [2.05, 4.69) is 31.9 Å². The van der Waals surface area contributed by atoms with Gasteiger partial charge in [-0.3, -0.25) is 4.90 Å². The molecule has 0 radical (unpaired) electrons. The van der Waals surface area contributed by atoms with E-state index >= 15 is 0 Å². The van der Waals surface area contributed by atoms with Crippen molar-refractivity contribution >= 4 is 0 Å². The lowest BCUT2D eigenvalue weighted by molar-refractivity contribution is 0.222. The molecule has 0 aliphatic rings. The Morgan fingerprint density at radius 1 is 1.19 bits per heavy atom. The van der Waals surface area contributed by atoms with Gasteiger partial charge in [0.15, 0.2) is 0 Å². The minimum Gasteiger partial charge on any atom is -0.299 e. The van der Waals surface area contributed by atoms with E-state index in [4.69, 9.17) is 5.26 Å². The van der Waals surface area contributed by atoms with Gasteiger partial charge in [-0.1, -0.05) is 26.0 Å². The molecule has 0 fully saturated rings. The molecule has 0 aliphatic heterocycles. The van der Waals surface area contributed by atoms with E-state index in [0.717, 1.165) is 12.1 Å². The third-order valence-electron chi connectivity index (χ3n) is 3.08. The average Bonchev–Trinajstić information content (AvgIpc) is 2.31. The van der Waals surface area contributed by atoms with Gasteiger partial charge in [-0.2, -0.15) is 5.26 Å². The van der Waals surface area contributed by atoms with Gasteiger partial charge in [-0.15, -0.1) is 0 Å². The Morgan fingerprint density at radius 3 is 2.19 bits per heavy atom. The number of hydrogen-bond acceptors (Lipinski definition) is 2. The number of nitriles is 1. The Hall–Kier alpha value is -1.33. The molecule has 2 heteroatoms. The predicted molar refractivity (Wildman–Crippen MR) is 67.0 cm³/mol. The van der Waals surface area contributed by atoms with Gasteiger partial charge in [0.05, 0.1) is 11.6 Å². The van der Waals surface area contributed by atoms with Crippen LogP contribution in [0.5, 0.6) is 0 Å². The van der Waals surface area contributed by atoms with Crippen LogP contribution in [-0.2, 0) is 6.54 Å². The van der Waals surface area contributed by atoms with Crippen molar-refractivity contribution in [3.8, 4) is 6.07 Å². The van der Waals surface area contributed by atoms with E-state index in [1.54, 1.807) is 0 Å². The van der Waals surface area contributed by atoms with Crippen LogP contribution in [0.15, 0.2) is 24.3 Å². The predicted octanol–water partition coefficient (Wildman–Crippen LogP) is 3.18. The molecule has 1 rings (SSSR count). The van der Waals surface area contributed by atoms with Crippen molar-refractivity contribution in [3.63, 3.8) is 0 Å². The highest BCUT2D eigenvalue weighted by Gasteiger charge is 2.10. The van der Waals surface area contributed by atoms with Gasteiger partial charge in [0.2, 0.25) is 0 Å². The van der Waals surface area contributed by atoms with Crippen LogP contribution in [0.3, 0.4) is 0 Å². The van der Waals surface area contributed by atoms with Crippen molar-refractivity contribution in [1.82, 2.24) is 4.90 Å². The molecule has 86 valence electrons. The lowest BCUT2D eigenvalue weighted by atomic mass is 10.1. The third-order valence-corrected chi connectivity index (χ3v) is 3.08. The number of rotatable bonds is 5. The van der Waals surface area contributed by atoms with Crippen molar-refractivity contribution < 1.29 is 0 Å². The summed E-state index contributed by atoms with van der Waals surface area (Å²) in [6.07, 6.45) is 2.37. The monoisotopic (exact) mass is 216 g/mol. The largest absolute Gasteiger partial charge is 0.299 e. The average molecular weight is 216 g/mol. The highest BCUT2D eigenvalue weighted by atomic mass is 15.1. The van der Waals surface area contributed by atoms with Crippen LogP contribution < -0.4 is 0 Å². The molecule has 1 aromatic carbocycles. The van der Waals surface area contributed by atoms with Gasteiger partial charge in [-0.05, 0) is 37.6 Å². The molecule has 0 heterocycles. The maximum Gasteiger partial charge on any atom is 0.0991 e. The zero-order valence-corrected chi connectivity index (χ0v) is 10.4. The van der Waals surface area contributed by atoms with Gasteiger partial charge >= 0.3 is 0 Å². The molecule has 0 aromatic heterocycles. The summed E-state index contributed by atoms with van der Waals surface area (Å²) in [5.74, 6) is 0. The van der Waals surface area contributed by atoms with Crippen molar-refractivity contribution in [1.29, 1.82) is 5.26 Å². The van der Waals surface area contributed by atoms with Crippen molar-refractivity contribution in [2.75, 3.05) is 7.05 Å². The molecule has 2 nitrogen and oxygen atoms in total. The fourth-order valence-electron chi connectivity index (χ4n) is 2.01. The van der Waals surface area contributed by atoms with Gasteiger partial charge in [0, 0.05) is 12.6 Å². The molecule has 0 amide bonds. The van der Waals surface area contributed by atoms with E-state index in [-0.39, 0.29) is 0 Å². The second-order valence-corrected chi connectivity index (χ2v) is 4.19. The first kappa shape index (κ1) is 12.7. The molecular formula is C14H20N2. The first-order valence-electron chi connectivity index (χ1n) is 5.90. The normalized spacial score (nSPS) is 10.8. The zero-order valence-electron chi connectivity index (χ0n) is 10.4. The van der Waals surface area contributed by atoms with Crippen molar-refractivity contribution in [2.45, 2.75) is 39.3 Å². The first-order valence-corrected chi connectivity index (χ1v) is 5.90. The second-order valence-electron chi connectivity index (χ2n) is 4.19. The SMILES string of the molecule is CCC(CC)N(C)Cc1ccc(C#N)cc1. The Balaban J connectivity index is 2.62. The summed E-state index contributed by atoms with van der Waals surface area (Å²) in [7, 11) is 2.16. The van der Waals surface area contributed by atoms with Crippen LogP contribution in [0.2, 0.25) is 0 Å². The smallest absolute Gasteiger partial charge is 0.0991 e. The Bertz CT molecular complexity index is 344. The molecule has 0 atom stereocenters. The Kier molecular flexibility index (Phi) is 5.01. The molecule has 0 aliphatic carbocycles. The van der Waals surface area contributed by atoms with Crippen LogP contribution in [0.4, 0.5) is 0 Å². The lowest BCUT2D eigenvalue weighted by Crippen LogP contribution is -2.29. The summed E-state index contributed by atoms with van der Waals surface area (Å²) in [5, 5.41) is 8.71. The summed E-state index contributed by atoms with van der Waals surface area (Å²) in [4.78, 5) is 2.38. The third kappa shape index (κ3) is 3.36. The van der Waals surface area contributed by atoms with E-state index < -0.39 is 0 Å². The highest BCUT2D eigenvalue weighted by molar-refractivity contribution is 5.31. The van der Waals surface area contributed by atoms with Gasteiger partial charge < -0.3 is 0 Å². The number of benzene rings is 1. The standard InChI is InChI=1S/C14H20N2/c1-4-14(5-2)16(3)11-13-8-6-12(10-15)7-9-13/h6-9,14H,4-5,11H2,1-3H3. The molecule has 0 bridgehead atoms. The van der Waals surface area contributed by atoms with E-state index in [9.17, 15) is 0 Å². The Labute approximate surface area is 98.5 Å². The molecule has 0 spiro atoms. The molecule has 16 heavy (non-hydrogen) atoms. The van der Waals surface area contributed by atoms with Crippen molar-refractivity contribution in [3.05, 3.63) is 35.4 Å². The maximum atomic E-state index is 8.71. The summed E-state index contributed by atoms with van der Waals surface area (Å²) in [6, 6.07) is 10.6. The molecule has 0 saturated heterocycles. The van der Waals surface area contributed by atoms with Crippen LogP contribution >= 0.6 is 0 Å². The van der Waals surface area contributed by atoms with Gasteiger partial charge in [0.1, 0.15) is 0 Å². The number of hydrogen-bond donors (Lipinski definition) is 0. The van der Waals surface area contributed by atoms with Crippen LogP contribution in [-0.4, -0.2) is 18.0 Å².